The lowest BCUT2D eigenvalue weighted by atomic mass is 10.2. The molecule has 0 unspecified atom stereocenters. The molecule has 0 aromatic carbocycles. The van der Waals surface area contributed by atoms with Crippen LogP contribution in [0.3, 0.4) is 0 Å². The third-order valence-electron chi connectivity index (χ3n) is 1.84. The smallest absolute Gasteiger partial charge is 0.333 e. The summed E-state index contributed by atoms with van der Waals surface area (Å²) in [6, 6.07) is 0. The van der Waals surface area contributed by atoms with Crippen molar-refractivity contribution in [2.24, 2.45) is 0 Å². The van der Waals surface area contributed by atoms with Gasteiger partial charge in [0.1, 0.15) is 0 Å². The highest BCUT2D eigenvalue weighted by molar-refractivity contribution is 5.95. The Bertz CT molecular complexity index is 243. The highest BCUT2D eigenvalue weighted by atomic mass is 16.5. The van der Waals surface area contributed by atoms with Crippen molar-refractivity contribution in [3.8, 4) is 0 Å². The Morgan fingerprint density at radius 3 is 2.47 bits per heavy atom. The van der Waals surface area contributed by atoms with E-state index in [-0.39, 0.29) is 5.57 Å². The third kappa shape index (κ3) is 6.71. The fourth-order valence-corrected chi connectivity index (χ4v) is 0.925. The van der Waals surface area contributed by atoms with E-state index in [1.807, 2.05) is 0 Å². The summed E-state index contributed by atoms with van der Waals surface area (Å²) >= 11 is 0. The fourth-order valence-electron chi connectivity index (χ4n) is 0.925. The minimum Gasteiger partial charge on any atom is -0.466 e. The second kappa shape index (κ2) is 8.03. The lowest BCUT2D eigenvalue weighted by Gasteiger charge is -2.03. The number of ether oxygens (including phenoxy) is 2. The Morgan fingerprint density at radius 2 is 1.93 bits per heavy atom. The minimum absolute atomic E-state index is 0.262. The van der Waals surface area contributed by atoms with E-state index in [0.717, 1.165) is 25.3 Å². The molecule has 0 amide bonds. The summed E-state index contributed by atoms with van der Waals surface area (Å²) in [6.45, 7) is 4.00. The van der Waals surface area contributed by atoms with E-state index >= 15 is 0 Å². The van der Waals surface area contributed by atoms with Crippen molar-refractivity contribution in [2.45, 2.75) is 33.1 Å². The first-order valence-corrected chi connectivity index (χ1v) is 5.05. The minimum atomic E-state index is -0.544. The zero-order chi connectivity index (χ0) is 11.7. The van der Waals surface area contributed by atoms with E-state index in [2.05, 4.69) is 11.7 Å². The number of rotatable bonds is 6. The van der Waals surface area contributed by atoms with Crippen LogP contribution < -0.4 is 0 Å². The molecule has 15 heavy (non-hydrogen) atoms. The first-order valence-electron chi connectivity index (χ1n) is 5.05. The second-order valence-electron chi connectivity index (χ2n) is 3.19. The van der Waals surface area contributed by atoms with Crippen LogP contribution in [0.4, 0.5) is 0 Å². The number of methoxy groups -OCH3 is 1. The van der Waals surface area contributed by atoms with Gasteiger partial charge in [-0.3, -0.25) is 0 Å². The van der Waals surface area contributed by atoms with Crippen molar-refractivity contribution < 1.29 is 19.1 Å². The summed E-state index contributed by atoms with van der Waals surface area (Å²) in [4.78, 5) is 22.1. The lowest BCUT2D eigenvalue weighted by molar-refractivity contribution is -0.140. The molecular weight excluding hydrogens is 196 g/mol. The maximum Gasteiger partial charge on any atom is 0.333 e. The van der Waals surface area contributed by atoms with Crippen molar-refractivity contribution in [1.29, 1.82) is 0 Å². The fraction of sp³-hybridized carbons (Fsp3) is 0.636. The van der Waals surface area contributed by atoms with Gasteiger partial charge >= 0.3 is 11.9 Å². The molecule has 0 aromatic heterocycles. The molecule has 0 aromatic rings. The normalized spacial score (nSPS) is 11.0. The molecule has 0 atom stereocenters. The molecule has 0 heterocycles. The SMILES string of the molecule is CCCCCOC(=O)/C(C)=C\C(=O)OC. The van der Waals surface area contributed by atoms with Gasteiger partial charge in [0.15, 0.2) is 0 Å². The van der Waals surface area contributed by atoms with Crippen molar-refractivity contribution in [1.82, 2.24) is 0 Å². The van der Waals surface area contributed by atoms with Gasteiger partial charge in [-0.15, -0.1) is 0 Å². The van der Waals surface area contributed by atoms with Gasteiger partial charge in [-0.25, -0.2) is 9.59 Å². The Labute approximate surface area is 90.2 Å². The van der Waals surface area contributed by atoms with Crippen LogP contribution in [-0.4, -0.2) is 25.7 Å². The second-order valence-corrected chi connectivity index (χ2v) is 3.19. The van der Waals surface area contributed by atoms with Gasteiger partial charge in [-0.1, -0.05) is 19.8 Å². The van der Waals surface area contributed by atoms with Crippen LogP contribution in [0.15, 0.2) is 11.6 Å². The molecule has 0 aliphatic rings. The molecule has 0 radical (unpaired) electrons. The molecule has 4 nitrogen and oxygen atoms in total. The van der Waals surface area contributed by atoms with Crippen LogP contribution in [-0.2, 0) is 19.1 Å². The van der Waals surface area contributed by atoms with E-state index in [1.165, 1.54) is 14.0 Å². The molecule has 86 valence electrons. The van der Waals surface area contributed by atoms with E-state index in [4.69, 9.17) is 4.74 Å². The van der Waals surface area contributed by atoms with Gasteiger partial charge in [0.25, 0.3) is 0 Å². The third-order valence-corrected chi connectivity index (χ3v) is 1.84. The predicted molar refractivity (Wildman–Crippen MR) is 56.3 cm³/mol. The number of hydrogen-bond acceptors (Lipinski definition) is 4. The quantitative estimate of drug-likeness (QED) is 0.384. The predicted octanol–water partition coefficient (Wildman–Crippen LogP) is 1.84. The van der Waals surface area contributed by atoms with Crippen LogP contribution in [0, 0.1) is 0 Å². The highest BCUT2D eigenvalue weighted by Crippen LogP contribution is 2.00. The molecule has 0 N–H and O–H groups in total. The highest BCUT2D eigenvalue weighted by Gasteiger charge is 2.07. The van der Waals surface area contributed by atoms with Crippen molar-refractivity contribution >= 4 is 11.9 Å². The largest absolute Gasteiger partial charge is 0.466 e. The van der Waals surface area contributed by atoms with Gasteiger partial charge < -0.3 is 9.47 Å². The molecule has 0 aliphatic carbocycles. The Hall–Kier alpha value is -1.32. The van der Waals surface area contributed by atoms with Crippen molar-refractivity contribution in [3.63, 3.8) is 0 Å². The standard InChI is InChI=1S/C11H18O4/c1-4-5-6-7-15-11(13)9(2)8-10(12)14-3/h8H,4-7H2,1-3H3/b9-8-. The summed E-state index contributed by atoms with van der Waals surface area (Å²) in [5, 5.41) is 0. The van der Waals surface area contributed by atoms with Crippen molar-refractivity contribution in [2.75, 3.05) is 13.7 Å². The first kappa shape index (κ1) is 13.7. The molecule has 0 bridgehead atoms. The summed E-state index contributed by atoms with van der Waals surface area (Å²) in [5.41, 5.74) is 0.262. The van der Waals surface area contributed by atoms with Gasteiger partial charge in [-0.2, -0.15) is 0 Å². The van der Waals surface area contributed by atoms with Gasteiger partial charge in [-0.05, 0) is 13.3 Å². The van der Waals surface area contributed by atoms with Crippen molar-refractivity contribution in [3.05, 3.63) is 11.6 Å². The van der Waals surface area contributed by atoms with E-state index in [1.54, 1.807) is 0 Å². The first-order chi connectivity index (χ1) is 7.11. The lowest BCUT2D eigenvalue weighted by Crippen LogP contribution is -2.09. The number of hydrogen-bond donors (Lipinski definition) is 0. The molecule has 0 saturated carbocycles. The maximum atomic E-state index is 11.3. The van der Waals surface area contributed by atoms with Gasteiger partial charge in [0.05, 0.1) is 13.7 Å². The van der Waals surface area contributed by atoms with E-state index in [9.17, 15) is 9.59 Å². The van der Waals surface area contributed by atoms with Crippen LogP contribution in [0.2, 0.25) is 0 Å². The van der Waals surface area contributed by atoms with Crippen LogP contribution in [0.25, 0.3) is 0 Å². The van der Waals surface area contributed by atoms with E-state index in [0.29, 0.717) is 6.61 Å². The summed E-state index contributed by atoms with van der Waals surface area (Å²) < 4.78 is 9.33. The number of unbranched alkanes of at least 4 members (excludes halogenated alkanes) is 2. The molecule has 0 spiro atoms. The Balaban J connectivity index is 3.89. The molecule has 0 rings (SSSR count). The van der Waals surface area contributed by atoms with Gasteiger partial charge in [0.2, 0.25) is 0 Å². The summed E-state index contributed by atoms with van der Waals surface area (Å²) in [6.07, 6.45) is 4.09. The Kier molecular flexibility index (Phi) is 7.32. The maximum absolute atomic E-state index is 11.3. The monoisotopic (exact) mass is 214 g/mol. The molecular formula is C11H18O4. The average Bonchev–Trinajstić information content (AvgIpc) is 2.23. The zero-order valence-corrected chi connectivity index (χ0v) is 9.54. The van der Waals surface area contributed by atoms with Crippen LogP contribution in [0.1, 0.15) is 33.1 Å². The number of esters is 2. The summed E-state index contributed by atoms with van der Waals surface area (Å²) in [5.74, 6) is -1.01. The average molecular weight is 214 g/mol. The Morgan fingerprint density at radius 1 is 1.27 bits per heavy atom. The summed E-state index contributed by atoms with van der Waals surface area (Å²) in [7, 11) is 1.26. The molecule has 0 fully saturated rings. The van der Waals surface area contributed by atoms with E-state index < -0.39 is 11.9 Å². The number of carbonyl (C=O) groups is 2. The molecule has 0 aliphatic heterocycles. The topological polar surface area (TPSA) is 52.6 Å². The molecule has 0 saturated heterocycles. The number of carbonyl (C=O) groups excluding carboxylic acids is 2. The zero-order valence-electron chi connectivity index (χ0n) is 9.54. The van der Waals surface area contributed by atoms with Crippen LogP contribution >= 0.6 is 0 Å². The van der Waals surface area contributed by atoms with Crippen LogP contribution in [0.5, 0.6) is 0 Å². The molecule has 4 heteroatoms. The van der Waals surface area contributed by atoms with Gasteiger partial charge in [0, 0.05) is 11.6 Å².